The third-order valence-corrected chi connectivity index (χ3v) is 3.93. The Labute approximate surface area is 124 Å². The molecule has 2 aliphatic rings. The van der Waals surface area contributed by atoms with Crippen LogP contribution in [0.15, 0.2) is 23.4 Å². The Bertz CT molecular complexity index is 610. The summed E-state index contributed by atoms with van der Waals surface area (Å²) in [5.74, 6) is -0.498. The van der Waals surface area contributed by atoms with Crippen LogP contribution >= 0.6 is 0 Å². The van der Waals surface area contributed by atoms with Crippen molar-refractivity contribution >= 4 is 17.6 Å². The zero-order valence-electron chi connectivity index (χ0n) is 11.6. The molecule has 112 valence electrons. The van der Waals surface area contributed by atoms with Crippen molar-refractivity contribution in [2.45, 2.75) is 47.0 Å². The fraction of sp³-hybridized carbons (Fsp3) is 0.438. The maximum atomic E-state index is 12.4. The van der Waals surface area contributed by atoms with E-state index >= 15 is 0 Å². The minimum atomic E-state index is -0.318. The molecule has 5 nitrogen and oxygen atoms in total. The summed E-state index contributed by atoms with van der Waals surface area (Å²) in [5.41, 5.74) is 2.64. The van der Waals surface area contributed by atoms with Crippen LogP contribution in [-0.2, 0) is 9.59 Å². The highest BCUT2D eigenvalue weighted by Gasteiger charge is 2.47. The highest BCUT2D eigenvalue weighted by Crippen LogP contribution is 2.35. The second kappa shape index (κ2) is 5.31. The lowest BCUT2D eigenvalue weighted by Crippen LogP contribution is -2.43. The van der Waals surface area contributed by atoms with E-state index in [1.165, 1.54) is 6.20 Å². The van der Waals surface area contributed by atoms with E-state index in [1.54, 1.807) is 6.92 Å². The molecule has 0 atom stereocenters. The lowest BCUT2D eigenvalue weighted by atomic mass is 9.93. The molecular weight excluding hydrogens is 268 g/mol. The van der Waals surface area contributed by atoms with Gasteiger partial charge in [-0.25, -0.2) is 14.3 Å². The quantitative estimate of drug-likeness (QED) is 0.452. The van der Waals surface area contributed by atoms with Crippen molar-refractivity contribution in [3.05, 3.63) is 39.7 Å². The van der Waals surface area contributed by atoms with Gasteiger partial charge in [-0.2, -0.15) is 0 Å². The highest BCUT2D eigenvalue weighted by atomic mass is 16.5. The first kappa shape index (κ1) is 15.2. The molecule has 2 amide bonds. The van der Waals surface area contributed by atoms with Gasteiger partial charge in [0.2, 0.25) is 0 Å². The number of nitrogens with zero attached hydrogens (tertiary/aromatic N) is 2. The highest BCUT2D eigenvalue weighted by molar-refractivity contribution is 6.32. The number of hydrogen-bond donors (Lipinski definition) is 0. The van der Waals surface area contributed by atoms with E-state index in [-0.39, 0.29) is 25.1 Å². The Morgan fingerprint density at radius 3 is 2.10 bits per heavy atom. The zero-order valence-corrected chi connectivity index (χ0v) is 11.6. The van der Waals surface area contributed by atoms with Crippen molar-refractivity contribution in [3.63, 3.8) is 0 Å². The normalized spacial score (nSPS) is 17.9. The molecule has 1 aromatic heterocycles. The summed E-state index contributed by atoms with van der Waals surface area (Å²) >= 11 is 0. The molecular formula is C16H20N2O3. The second-order valence-electron chi connectivity index (χ2n) is 5.46. The molecule has 0 N–H and O–H groups in total. The molecule has 0 radical (unpaired) electrons. The van der Waals surface area contributed by atoms with Gasteiger partial charge in [-0.05, 0) is 51.2 Å². The molecule has 0 aromatic carbocycles. The van der Waals surface area contributed by atoms with Crippen LogP contribution in [0.3, 0.4) is 0 Å². The predicted molar refractivity (Wildman–Crippen MR) is 79.6 cm³/mol. The van der Waals surface area contributed by atoms with Gasteiger partial charge in [-0.1, -0.05) is 7.43 Å². The number of amides is 2. The van der Waals surface area contributed by atoms with Gasteiger partial charge in [-0.15, -0.1) is 4.90 Å². The molecule has 2 heterocycles. The lowest BCUT2D eigenvalue weighted by Gasteiger charge is -2.16. The minimum absolute atomic E-state index is 0. The van der Waals surface area contributed by atoms with Crippen molar-refractivity contribution in [3.8, 4) is 0 Å². The molecule has 0 saturated heterocycles. The third-order valence-electron chi connectivity index (χ3n) is 3.93. The molecule has 21 heavy (non-hydrogen) atoms. The molecule has 5 heteroatoms. The maximum Gasteiger partial charge on any atom is 0.345 e. The van der Waals surface area contributed by atoms with Crippen LogP contribution in [0.2, 0.25) is 0 Å². The average Bonchev–Trinajstić information content (AvgIpc) is 2.64. The summed E-state index contributed by atoms with van der Waals surface area (Å²) in [7, 11) is 0. The molecule has 0 saturated carbocycles. The van der Waals surface area contributed by atoms with Crippen LogP contribution in [0.5, 0.6) is 0 Å². The van der Waals surface area contributed by atoms with Crippen molar-refractivity contribution < 1.29 is 14.3 Å². The van der Waals surface area contributed by atoms with Gasteiger partial charge in [-0.3, -0.25) is 0 Å². The number of imide groups is 1. The maximum absolute atomic E-state index is 12.4. The molecule has 1 aromatic rings. The number of rotatable bonds is 1. The first-order chi connectivity index (χ1) is 9.50. The molecule has 1 aliphatic carbocycles. The van der Waals surface area contributed by atoms with Gasteiger partial charge in [0.1, 0.15) is 0 Å². The Kier molecular flexibility index (Phi) is 3.85. The number of aryl methyl sites for hydroxylation is 2. The zero-order chi connectivity index (χ0) is 14.4. The third kappa shape index (κ3) is 2.22. The Balaban J connectivity index is 0.00000161. The second-order valence-corrected chi connectivity index (χ2v) is 5.46. The van der Waals surface area contributed by atoms with Crippen molar-refractivity contribution in [2.24, 2.45) is 0 Å². The first-order valence-corrected chi connectivity index (χ1v) is 6.82. The Morgan fingerprint density at radius 1 is 1.10 bits per heavy atom. The van der Waals surface area contributed by atoms with E-state index in [4.69, 9.17) is 0 Å². The topological polar surface area (TPSA) is 64.3 Å². The number of carbonyl (C=O) groups excluding carboxylic acids is 2. The largest absolute Gasteiger partial charge is 0.711 e. The number of hydrogen-bond acceptors (Lipinski definition) is 3. The number of carbonyl (C=O) groups is 2. The number of anilines is 1. The Hall–Kier alpha value is -2.17. The van der Waals surface area contributed by atoms with Crippen LogP contribution in [0.1, 0.15) is 44.2 Å². The summed E-state index contributed by atoms with van der Waals surface area (Å²) in [5, 5.41) is 12.1. The van der Waals surface area contributed by atoms with Crippen LogP contribution in [0.4, 0.5) is 5.82 Å². The van der Waals surface area contributed by atoms with Gasteiger partial charge in [0.25, 0.3) is 5.82 Å². The van der Waals surface area contributed by atoms with E-state index < -0.39 is 0 Å². The summed E-state index contributed by atoms with van der Waals surface area (Å²) in [6.07, 6.45) is 4.52. The lowest BCUT2D eigenvalue weighted by molar-refractivity contribution is -0.592. The smallest absolute Gasteiger partial charge is 0.345 e. The predicted octanol–water partition coefficient (Wildman–Crippen LogP) is 2.32. The van der Waals surface area contributed by atoms with Gasteiger partial charge in [0.05, 0.1) is 17.3 Å². The van der Waals surface area contributed by atoms with Crippen molar-refractivity contribution in [1.29, 1.82) is 0 Å². The van der Waals surface area contributed by atoms with Crippen molar-refractivity contribution in [2.75, 3.05) is 4.90 Å². The van der Waals surface area contributed by atoms with Gasteiger partial charge in [0.15, 0.2) is 0 Å². The summed E-state index contributed by atoms with van der Waals surface area (Å²) in [4.78, 5) is 25.9. The van der Waals surface area contributed by atoms with Crippen LogP contribution in [-0.4, -0.2) is 11.8 Å². The first-order valence-electron chi connectivity index (χ1n) is 6.82. The molecule has 1 aliphatic heterocycles. The molecule has 0 spiro atoms. The summed E-state index contributed by atoms with van der Waals surface area (Å²) < 4.78 is 0.624. The van der Waals surface area contributed by atoms with Crippen LogP contribution < -0.4 is 9.63 Å². The molecule has 0 fully saturated rings. The monoisotopic (exact) mass is 288 g/mol. The average molecular weight is 288 g/mol. The summed E-state index contributed by atoms with van der Waals surface area (Å²) in [6, 6.07) is 1.81. The van der Waals surface area contributed by atoms with Gasteiger partial charge >= 0.3 is 11.8 Å². The molecule has 0 unspecified atom stereocenters. The number of pyridine rings is 1. The molecule has 0 bridgehead atoms. The fourth-order valence-electron chi connectivity index (χ4n) is 3.07. The molecule has 3 rings (SSSR count). The van der Waals surface area contributed by atoms with E-state index in [0.717, 1.165) is 23.3 Å². The van der Waals surface area contributed by atoms with Crippen LogP contribution in [0, 0.1) is 19.1 Å². The SMILES string of the molecule is C.Cc1cc(C)c(N2C(=O)C3=C(CCCC3)C2=O)[n+]([O-])c1. The van der Waals surface area contributed by atoms with Crippen LogP contribution in [0.25, 0.3) is 0 Å². The van der Waals surface area contributed by atoms with E-state index in [0.29, 0.717) is 34.3 Å². The van der Waals surface area contributed by atoms with Crippen molar-refractivity contribution in [1.82, 2.24) is 0 Å². The van der Waals surface area contributed by atoms with Gasteiger partial charge < -0.3 is 5.21 Å². The minimum Gasteiger partial charge on any atom is -0.711 e. The van der Waals surface area contributed by atoms with E-state index in [1.807, 2.05) is 13.0 Å². The summed E-state index contributed by atoms with van der Waals surface area (Å²) in [6.45, 7) is 3.55. The standard InChI is InChI=1S/C15H16N2O3.CH4/c1-9-7-10(2)13(16(20)8-9)17-14(18)11-5-3-4-6-12(11)15(17)19;/h7-8H,3-6H2,1-2H3;1H4. The van der Waals surface area contributed by atoms with E-state index in [9.17, 15) is 14.8 Å². The van der Waals surface area contributed by atoms with E-state index in [2.05, 4.69) is 0 Å². The number of aromatic nitrogens is 1. The fourth-order valence-corrected chi connectivity index (χ4v) is 3.07. The Morgan fingerprint density at radius 2 is 1.62 bits per heavy atom. The van der Waals surface area contributed by atoms with Gasteiger partial charge in [0, 0.05) is 5.56 Å².